The number of rotatable bonds is 4. The van der Waals surface area contributed by atoms with Crippen molar-refractivity contribution in [1.82, 2.24) is 10.2 Å². The SMILES string of the molecule is CNCC1CCCN1Cc1ccc2c(c1)CCO2.Cl. The van der Waals surface area contributed by atoms with Gasteiger partial charge in [0.05, 0.1) is 6.61 Å². The minimum Gasteiger partial charge on any atom is -0.493 e. The molecule has 2 heterocycles. The maximum Gasteiger partial charge on any atom is 0.122 e. The zero-order valence-electron chi connectivity index (χ0n) is 11.5. The molecule has 3 nitrogen and oxygen atoms in total. The van der Waals surface area contributed by atoms with Gasteiger partial charge in [0.1, 0.15) is 5.75 Å². The van der Waals surface area contributed by atoms with Crippen molar-refractivity contribution < 1.29 is 4.74 Å². The molecule has 1 atom stereocenters. The van der Waals surface area contributed by atoms with Gasteiger partial charge in [-0.15, -0.1) is 12.4 Å². The first-order valence-corrected chi connectivity index (χ1v) is 7.00. The first-order chi connectivity index (χ1) is 8.86. The van der Waals surface area contributed by atoms with Gasteiger partial charge in [0.25, 0.3) is 0 Å². The van der Waals surface area contributed by atoms with Crippen LogP contribution in [0.4, 0.5) is 0 Å². The van der Waals surface area contributed by atoms with E-state index in [4.69, 9.17) is 4.74 Å². The largest absolute Gasteiger partial charge is 0.493 e. The highest BCUT2D eigenvalue weighted by Gasteiger charge is 2.24. The summed E-state index contributed by atoms with van der Waals surface area (Å²) in [6.07, 6.45) is 3.73. The van der Waals surface area contributed by atoms with Crippen LogP contribution >= 0.6 is 12.4 Å². The zero-order valence-corrected chi connectivity index (χ0v) is 12.3. The van der Waals surface area contributed by atoms with E-state index >= 15 is 0 Å². The summed E-state index contributed by atoms with van der Waals surface area (Å²) < 4.78 is 5.56. The van der Waals surface area contributed by atoms with Gasteiger partial charge in [-0.05, 0) is 43.6 Å². The monoisotopic (exact) mass is 282 g/mol. The summed E-state index contributed by atoms with van der Waals surface area (Å²) in [4.78, 5) is 2.61. The molecule has 0 aromatic heterocycles. The van der Waals surface area contributed by atoms with Gasteiger partial charge >= 0.3 is 0 Å². The van der Waals surface area contributed by atoms with Crippen molar-refractivity contribution >= 4 is 12.4 Å². The molecule has 19 heavy (non-hydrogen) atoms. The van der Waals surface area contributed by atoms with E-state index in [0.717, 1.165) is 31.9 Å². The molecular weight excluding hydrogens is 260 g/mol. The van der Waals surface area contributed by atoms with E-state index in [1.807, 2.05) is 7.05 Å². The van der Waals surface area contributed by atoms with Gasteiger partial charge < -0.3 is 10.1 Å². The van der Waals surface area contributed by atoms with Crippen LogP contribution in [0.15, 0.2) is 18.2 Å². The van der Waals surface area contributed by atoms with Crippen LogP contribution in [0.1, 0.15) is 24.0 Å². The van der Waals surface area contributed by atoms with Crippen LogP contribution in [0.3, 0.4) is 0 Å². The van der Waals surface area contributed by atoms with E-state index in [1.165, 1.54) is 30.5 Å². The van der Waals surface area contributed by atoms with E-state index in [9.17, 15) is 0 Å². The third-order valence-electron chi connectivity index (χ3n) is 4.08. The lowest BCUT2D eigenvalue weighted by Crippen LogP contribution is -2.36. The Labute approximate surface area is 121 Å². The van der Waals surface area contributed by atoms with Crippen molar-refractivity contribution in [2.24, 2.45) is 0 Å². The average molecular weight is 283 g/mol. The number of likely N-dealkylation sites (N-methyl/N-ethyl adjacent to an activating group) is 1. The minimum absolute atomic E-state index is 0. The quantitative estimate of drug-likeness (QED) is 0.917. The molecule has 2 aliphatic rings. The number of nitrogens with one attached hydrogen (secondary N) is 1. The van der Waals surface area contributed by atoms with Crippen molar-refractivity contribution in [1.29, 1.82) is 0 Å². The van der Waals surface area contributed by atoms with Gasteiger partial charge in [0, 0.05) is 25.6 Å². The highest BCUT2D eigenvalue weighted by molar-refractivity contribution is 5.85. The normalized spacial score (nSPS) is 21.8. The number of likely N-dealkylation sites (tertiary alicyclic amines) is 1. The van der Waals surface area contributed by atoms with Gasteiger partial charge in [-0.1, -0.05) is 12.1 Å². The Morgan fingerprint density at radius 1 is 1.42 bits per heavy atom. The summed E-state index contributed by atoms with van der Waals surface area (Å²) in [5.41, 5.74) is 2.82. The van der Waals surface area contributed by atoms with Crippen LogP contribution in [0.5, 0.6) is 5.75 Å². The Balaban J connectivity index is 0.00000133. The van der Waals surface area contributed by atoms with Gasteiger partial charge in [0.15, 0.2) is 0 Å². The Morgan fingerprint density at radius 3 is 3.16 bits per heavy atom. The average Bonchev–Trinajstić information content (AvgIpc) is 2.99. The van der Waals surface area contributed by atoms with Crippen LogP contribution in [0, 0.1) is 0 Å². The van der Waals surface area contributed by atoms with Crippen LogP contribution < -0.4 is 10.1 Å². The smallest absolute Gasteiger partial charge is 0.122 e. The highest BCUT2D eigenvalue weighted by Crippen LogP contribution is 2.27. The third kappa shape index (κ3) is 3.22. The van der Waals surface area contributed by atoms with Crippen LogP contribution in [-0.4, -0.2) is 37.7 Å². The fourth-order valence-corrected chi connectivity index (χ4v) is 3.14. The molecule has 0 radical (unpaired) electrons. The molecule has 1 fully saturated rings. The molecular formula is C15H23ClN2O. The number of ether oxygens (including phenoxy) is 1. The molecule has 2 aliphatic heterocycles. The Morgan fingerprint density at radius 2 is 2.32 bits per heavy atom. The minimum atomic E-state index is 0. The summed E-state index contributed by atoms with van der Waals surface area (Å²) in [6.45, 7) is 4.28. The van der Waals surface area contributed by atoms with Gasteiger partial charge in [-0.25, -0.2) is 0 Å². The Hall–Kier alpha value is -0.770. The molecule has 1 unspecified atom stereocenters. The van der Waals surface area contributed by atoms with E-state index in [2.05, 4.69) is 28.4 Å². The summed E-state index contributed by atoms with van der Waals surface area (Å²) in [5, 5.41) is 3.31. The second kappa shape index (κ2) is 6.60. The molecule has 1 N–H and O–H groups in total. The zero-order chi connectivity index (χ0) is 12.4. The number of benzene rings is 1. The van der Waals surface area contributed by atoms with Crippen molar-refractivity contribution in [3.05, 3.63) is 29.3 Å². The molecule has 0 amide bonds. The molecule has 4 heteroatoms. The number of nitrogens with zero attached hydrogens (tertiary/aromatic N) is 1. The standard InChI is InChI=1S/C15H22N2O.ClH/c1-16-10-14-3-2-7-17(14)11-12-4-5-15-13(9-12)6-8-18-15;/h4-5,9,14,16H,2-3,6-8,10-11H2,1H3;1H. The molecule has 0 aliphatic carbocycles. The van der Waals surface area contributed by atoms with E-state index in [0.29, 0.717) is 6.04 Å². The lowest BCUT2D eigenvalue weighted by Gasteiger charge is -2.24. The molecule has 3 rings (SSSR count). The number of halogens is 1. The molecule has 0 bridgehead atoms. The lowest BCUT2D eigenvalue weighted by atomic mass is 10.1. The number of fused-ring (bicyclic) bond motifs is 1. The van der Waals surface area contributed by atoms with E-state index < -0.39 is 0 Å². The maximum absolute atomic E-state index is 5.56. The fourth-order valence-electron chi connectivity index (χ4n) is 3.14. The molecule has 106 valence electrons. The molecule has 0 saturated carbocycles. The lowest BCUT2D eigenvalue weighted by molar-refractivity contribution is 0.242. The number of hydrogen-bond acceptors (Lipinski definition) is 3. The molecule has 0 spiro atoms. The first kappa shape index (κ1) is 14.6. The van der Waals surface area contributed by atoms with Crippen molar-refractivity contribution in [2.45, 2.75) is 31.8 Å². The van der Waals surface area contributed by atoms with Crippen molar-refractivity contribution in [3.63, 3.8) is 0 Å². The molecule has 1 saturated heterocycles. The van der Waals surface area contributed by atoms with Crippen LogP contribution in [0.25, 0.3) is 0 Å². The van der Waals surface area contributed by atoms with Gasteiger partial charge in [-0.2, -0.15) is 0 Å². The van der Waals surface area contributed by atoms with E-state index in [1.54, 1.807) is 0 Å². The Bertz CT molecular complexity index is 425. The predicted molar refractivity (Wildman–Crippen MR) is 80.2 cm³/mol. The van der Waals surface area contributed by atoms with Gasteiger partial charge in [-0.3, -0.25) is 4.90 Å². The predicted octanol–water partition coefficient (Wildman–Crippen LogP) is 2.23. The molecule has 1 aromatic rings. The third-order valence-corrected chi connectivity index (χ3v) is 4.08. The van der Waals surface area contributed by atoms with Gasteiger partial charge in [0.2, 0.25) is 0 Å². The summed E-state index contributed by atoms with van der Waals surface area (Å²) in [5.74, 6) is 1.09. The topological polar surface area (TPSA) is 24.5 Å². The maximum atomic E-state index is 5.56. The number of hydrogen-bond donors (Lipinski definition) is 1. The van der Waals surface area contributed by atoms with Crippen molar-refractivity contribution in [3.8, 4) is 5.75 Å². The summed E-state index contributed by atoms with van der Waals surface area (Å²) in [7, 11) is 2.04. The van der Waals surface area contributed by atoms with E-state index in [-0.39, 0.29) is 12.4 Å². The van der Waals surface area contributed by atoms with Crippen LogP contribution in [-0.2, 0) is 13.0 Å². The highest BCUT2D eigenvalue weighted by atomic mass is 35.5. The summed E-state index contributed by atoms with van der Waals surface area (Å²) in [6, 6.07) is 7.40. The van der Waals surface area contributed by atoms with Crippen LogP contribution in [0.2, 0.25) is 0 Å². The molecule has 1 aromatic carbocycles. The van der Waals surface area contributed by atoms with Crippen molar-refractivity contribution in [2.75, 3.05) is 26.7 Å². The fraction of sp³-hybridized carbons (Fsp3) is 0.600. The first-order valence-electron chi connectivity index (χ1n) is 7.00. The second-order valence-electron chi connectivity index (χ2n) is 5.36. The Kier molecular flexibility index (Phi) is 5.08. The second-order valence-corrected chi connectivity index (χ2v) is 5.36. The summed E-state index contributed by atoms with van der Waals surface area (Å²) >= 11 is 0.